The van der Waals surface area contributed by atoms with Crippen LogP contribution in [0.3, 0.4) is 0 Å². The third-order valence-corrected chi connectivity index (χ3v) is 3.09. The summed E-state index contributed by atoms with van der Waals surface area (Å²) in [6, 6.07) is 5.33. The summed E-state index contributed by atoms with van der Waals surface area (Å²) in [4.78, 5) is 11.3. The fourth-order valence-electron chi connectivity index (χ4n) is 2.26. The second kappa shape index (κ2) is 3.89. The number of hydrogen-bond acceptors (Lipinski definition) is 4. The lowest BCUT2D eigenvalue weighted by Crippen LogP contribution is -2.21. The van der Waals surface area contributed by atoms with E-state index in [1.807, 2.05) is 6.07 Å². The van der Waals surface area contributed by atoms with Gasteiger partial charge in [-0.2, -0.15) is 0 Å². The molecule has 0 radical (unpaired) electrons. The first-order chi connectivity index (χ1) is 8.72. The van der Waals surface area contributed by atoms with Gasteiger partial charge >= 0.3 is 5.97 Å². The van der Waals surface area contributed by atoms with Crippen molar-refractivity contribution < 1.29 is 18.7 Å². The lowest BCUT2D eigenvalue weighted by molar-refractivity contribution is -0.138. The van der Waals surface area contributed by atoms with Gasteiger partial charge in [-0.3, -0.25) is 4.79 Å². The molecule has 3 rings (SSSR count). The van der Waals surface area contributed by atoms with Gasteiger partial charge in [-0.1, -0.05) is 0 Å². The van der Waals surface area contributed by atoms with E-state index < -0.39 is 11.9 Å². The van der Waals surface area contributed by atoms with Gasteiger partial charge in [-0.05, 0) is 18.2 Å². The van der Waals surface area contributed by atoms with Crippen LogP contribution in [0.4, 0.5) is 0 Å². The van der Waals surface area contributed by atoms with Crippen molar-refractivity contribution in [2.75, 3.05) is 6.54 Å². The van der Waals surface area contributed by atoms with Gasteiger partial charge in [0.2, 0.25) is 0 Å². The van der Waals surface area contributed by atoms with Crippen molar-refractivity contribution >= 4 is 27.9 Å². The number of carboxylic acid groups (broad SMARTS) is 1. The largest absolute Gasteiger partial charge is 0.481 e. The molecule has 1 atom stereocenters. The van der Waals surface area contributed by atoms with E-state index in [2.05, 4.69) is 0 Å². The number of rotatable bonds is 3. The summed E-state index contributed by atoms with van der Waals surface area (Å²) in [6.45, 7) is 0.00935. The fraction of sp³-hybridized carbons (Fsp3) is 0.154. The predicted octanol–water partition coefficient (Wildman–Crippen LogP) is 2.31. The Morgan fingerprint density at radius 3 is 2.83 bits per heavy atom. The Hall–Kier alpha value is -2.27. The maximum absolute atomic E-state index is 11.3. The fourth-order valence-corrected chi connectivity index (χ4v) is 2.26. The third kappa shape index (κ3) is 1.41. The quantitative estimate of drug-likeness (QED) is 0.739. The maximum Gasteiger partial charge on any atom is 0.312 e. The first-order valence-electron chi connectivity index (χ1n) is 5.52. The van der Waals surface area contributed by atoms with Crippen LogP contribution in [-0.2, 0) is 4.79 Å². The van der Waals surface area contributed by atoms with Gasteiger partial charge < -0.3 is 19.7 Å². The molecule has 0 aliphatic rings. The molecule has 1 aromatic carbocycles. The molecule has 2 heterocycles. The molecule has 0 aliphatic heterocycles. The molecule has 5 nitrogen and oxygen atoms in total. The highest BCUT2D eigenvalue weighted by Gasteiger charge is 2.25. The molecule has 3 N–H and O–H groups in total. The SMILES string of the molecule is NCC(C(=O)O)c1c2ccoc2cc2ccoc12. The van der Waals surface area contributed by atoms with Crippen molar-refractivity contribution in [1.82, 2.24) is 0 Å². The number of benzene rings is 1. The summed E-state index contributed by atoms with van der Waals surface area (Å²) in [5.41, 5.74) is 7.35. The van der Waals surface area contributed by atoms with Gasteiger partial charge in [0.05, 0.1) is 18.4 Å². The van der Waals surface area contributed by atoms with Crippen LogP contribution in [0.15, 0.2) is 39.6 Å². The van der Waals surface area contributed by atoms with Crippen molar-refractivity contribution in [3.8, 4) is 0 Å². The topological polar surface area (TPSA) is 89.6 Å². The average Bonchev–Trinajstić information content (AvgIpc) is 2.95. The minimum Gasteiger partial charge on any atom is -0.481 e. The Bertz CT molecular complexity index is 676. The molecule has 3 aromatic rings. The van der Waals surface area contributed by atoms with Crippen molar-refractivity contribution in [2.45, 2.75) is 5.92 Å². The van der Waals surface area contributed by atoms with Gasteiger partial charge in [0.25, 0.3) is 0 Å². The highest BCUT2D eigenvalue weighted by atomic mass is 16.4. The molecule has 18 heavy (non-hydrogen) atoms. The van der Waals surface area contributed by atoms with Crippen molar-refractivity contribution in [1.29, 1.82) is 0 Å². The zero-order valence-electron chi connectivity index (χ0n) is 9.42. The molecule has 92 valence electrons. The van der Waals surface area contributed by atoms with Crippen LogP contribution >= 0.6 is 0 Å². The Kier molecular flexibility index (Phi) is 2.34. The molecule has 0 saturated carbocycles. The van der Waals surface area contributed by atoms with Crippen molar-refractivity contribution in [3.63, 3.8) is 0 Å². The molecule has 0 aliphatic carbocycles. The summed E-state index contributed by atoms with van der Waals surface area (Å²) in [5, 5.41) is 10.8. The first-order valence-corrected chi connectivity index (χ1v) is 5.52. The first kappa shape index (κ1) is 10.9. The molecule has 0 saturated heterocycles. The number of carboxylic acids is 1. The van der Waals surface area contributed by atoms with E-state index in [0.717, 1.165) is 10.8 Å². The zero-order chi connectivity index (χ0) is 12.7. The van der Waals surface area contributed by atoms with Crippen LogP contribution in [0.1, 0.15) is 11.5 Å². The van der Waals surface area contributed by atoms with Crippen LogP contribution in [0, 0.1) is 0 Å². The summed E-state index contributed by atoms with van der Waals surface area (Å²) in [6.07, 6.45) is 3.06. The van der Waals surface area contributed by atoms with Gasteiger partial charge in [-0.15, -0.1) is 0 Å². The normalized spacial score (nSPS) is 13.2. The van der Waals surface area contributed by atoms with Crippen LogP contribution in [0.5, 0.6) is 0 Å². The van der Waals surface area contributed by atoms with Crippen LogP contribution < -0.4 is 5.73 Å². The molecule has 1 unspecified atom stereocenters. The van der Waals surface area contributed by atoms with E-state index >= 15 is 0 Å². The number of nitrogens with two attached hydrogens (primary N) is 1. The summed E-state index contributed by atoms with van der Waals surface area (Å²) in [5.74, 6) is -1.77. The minimum atomic E-state index is -0.969. The second-order valence-electron chi connectivity index (χ2n) is 4.09. The van der Waals surface area contributed by atoms with Crippen LogP contribution in [0.25, 0.3) is 21.9 Å². The summed E-state index contributed by atoms with van der Waals surface area (Å²) >= 11 is 0. The monoisotopic (exact) mass is 245 g/mol. The van der Waals surface area contributed by atoms with Crippen LogP contribution in [-0.4, -0.2) is 17.6 Å². The van der Waals surface area contributed by atoms with Gasteiger partial charge in [0.15, 0.2) is 0 Å². The highest BCUT2D eigenvalue weighted by Crippen LogP contribution is 2.34. The lowest BCUT2D eigenvalue weighted by atomic mass is 9.94. The molecular formula is C13H11NO4. The molecule has 0 fully saturated rings. The van der Waals surface area contributed by atoms with Gasteiger partial charge in [0.1, 0.15) is 11.2 Å². The number of fused-ring (bicyclic) bond motifs is 2. The minimum absolute atomic E-state index is 0.00935. The molecule has 5 heteroatoms. The lowest BCUT2D eigenvalue weighted by Gasteiger charge is -2.11. The average molecular weight is 245 g/mol. The smallest absolute Gasteiger partial charge is 0.312 e. The molecule has 0 bridgehead atoms. The van der Waals surface area contributed by atoms with E-state index in [-0.39, 0.29) is 6.54 Å². The van der Waals surface area contributed by atoms with Gasteiger partial charge in [0, 0.05) is 22.9 Å². The van der Waals surface area contributed by atoms with Crippen molar-refractivity contribution in [3.05, 3.63) is 36.3 Å². The highest BCUT2D eigenvalue weighted by molar-refractivity contribution is 6.01. The summed E-state index contributed by atoms with van der Waals surface area (Å²) in [7, 11) is 0. The number of carbonyl (C=O) groups is 1. The molecule has 0 amide bonds. The maximum atomic E-state index is 11.3. The van der Waals surface area contributed by atoms with Crippen LogP contribution in [0.2, 0.25) is 0 Å². The van der Waals surface area contributed by atoms with E-state index in [4.69, 9.17) is 14.6 Å². The summed E-state index contributed by atoms with van der Waals surface area (Å²) < 4.78 is 10.7. The number of hydrogen-bond donors (Lipinski definition) is 2. The Labute approximate surface area is 102 Å². The van der Waals surface area contributed by atoms with E-state index in [1.54, 1.807) is 12.1 Å². The zero-order valence-corrected chi connectivity index (χ0v) is 9.42. The molecule has 0 spiro atoms. The Balaban J connectivity index is 2.42. The number of furan rings is 2. The predicted molar refractivity (Wildman–Crippen MR) is 65.4 cm³/mol. The number of aliphatic carboxylic acids is 1. The van der Waals surface area contributed by atoms with Gasteiger partial charge in [-0.25, -0.2) is 0 Å². The molecular weight excluding hydrogens is 234 g/mol. The standard InChI is InChI=1S/C13H11NO4/c14-6-9(13(15)16)11-8-2-4-17-10(8)5-7-1-3-18-12(7)11/h1-5,9H,6,14H2,(H,15,16). The third-order valence-electron chi connectivity index (χ3n) is 3.09. The second-order valence-corrected chi connectivity index (χ2v) is 4.09. The van der Waals surface area contributed by atoms with E-state index in [1.165, 1.54) is 12.5 Å². The van der Waals surface area contributed by atoms with Crippen molar-refractivity contribution in [2.24, 2.45) is 5.73 Å². The Morgan fingerprint density at radius 1 is 1.33 bits per heavy atom. The molecule has 2 aromatic heterocycles. The van der Waals surface area contributed by atoms with E-state index in [9.17, 15) is 9.90 Å². The Morgan fingerprint density at radius 2 is 2.11 bits per heavy atom. The van der Waals surface area contributed by atoms with E-state index in [0.29, 0.717) is 16.7 Å².